The van der Waals surface area contributed by atoms with Gasteiger partial charge in [-0.25, -0.2) is 0 Å². The number of pyridine rings is 1. The molecule has 0 aliphatic carbocycles. The molecule has 3 aromatic rings. The molecule has 6 heteroatoms. The van der Waals surface area contributed by atoms with E-state index in [2.05, 4.69) is 50.0 Å². The summed E-state index contributed by atoms with van der Waals surface area (Å²) in [6.07, 6.45) is 0. The number of carbonyl (C=O) groups is 1. The summed E-state index contributed by atoms with van der Waals surface area (Å²) >= 11 is 0.145. The summed E-state index contributed by atoms with van der Waals surface area (Å²) in [6, 6.07) is 16.4. The maximum atomic E-state index is 12.8. The zero-order valence-corrected chi connectivity index (χ0v) is 20.3. The number of esters is 1. The number of aromatic nitrogens is 1. The second-order valence-corrected chi connectivity index (χ2v) is 14.9. The van der Waals surface area contributed by atoms with E-state index in [1.165, 1.54) is 10.0 Å². The molecule has 0 aliphatic heterocycles. The molecule has 1 heterocycles. The molecule has 0 atom stereocenters. The average molecular weight is 473 g/mol. The van der Waals surface area contributed by atoms with Crippen LogP contribution in [0.15, 0.2) is 48.5 Å². The fraction of sp³-hybridized carbons (Fsp3) is 0.304. The average Bonchev–Trinajstić information content (AvgIpc) is 2.71. The van der Waals surface area contributed by atoms with Crippen LogP contribution in [-0.4, -0.2) is 47.7 Å². The second-order valence-electron chi connectivity index (χ2n) is 7.79. The summed E-state index contributed by atoms with van der Waals surface area (Å²) in [4.78, 5) is 17.6. The zero-order valence-electron chi connectivity index (χ0n) is 17.6. The Morgan fingerprint density at radius 1 is 1.10 bits per heavy atom. The third kappa shape index (κ3) is 4.89. The van der Waals surface area contributed by atoms with Crippen LogP contribution >= 0.6 is 0 Å². The Morgan fingerprint density at radius 2 is 1.83 bits per heavy atom. The number of hydrogen-bond donors (Lipinski definition) is 0. The van der Waals surface area contributed by atoms with E-state index in [-0.39, 0.29) is 20.9 Å². The number of methoxy groups -OCH3 is 1. The van der Waals surface area contributed by atoms with Gasteiger partial charge >= 0.3 is 180 Å². The van der Waals surface area contributed by atoms with Crippen molar-refractivity contribution in [1.82, 2.24) is 4.98 Å². The summed E-state index contributed by atoms with van der Waals surface area (Å²) in [5.41, 5.74) is 2.62. The van der Waals surface area contributed by atoms with Crippen LogP contribution in [0.25, 0.3) is 10.9 Å². The number of benzene rings is 2. The molecule has 2 aromatic carbocycles. The molecule has 0 bridgehead atoms. The Morgan fingerprint density at radius 3 is 2.45 bits per heavy atom. The quantitative estimate of drug-likeness (QED) is 0.390. The molecular weight excluding hydrogens is 445 g/mol. The van der Waals surface area contributed by atoms with Crippen LogP contribution in [0.1, 0.15) is 23.0 Å². The molecule has 3 rings (SSSR count). The van der Waals surface area contributed by atoms with Crippen molar-refractivity contribution in [2.75, 3.05) is 13.7 Å². The second kappa shape index (κ2) is 9.12. The van der Waals surface area contributed by atoms with Gasteiger partial charge in [0.2, 0.25) is 0 Å². The molecular formula is C23H27NO3SeSi. The molecule has 4 nitrogen and oxygen atoms in total. The number of fused-ring (bicyclic) bond motifs is 1. The van der Waals surface area contributed by atoms with Crippen molar-refractivity contribution in [3.8, 4) is 5.75 Å². The minimum absolute atomic E-state index is 0.145. The first-order chi connectivity index (χ1) is 13.8. The van der Waals surface area contributed by atoms with Crippen molar-refractivity contribution in [3.05, 3.63) is 59.8 Å². The molecule has 0 fully saturated rings. The number of nitrogens with zero attached hydrogens (tertiary/aromatic N) is 1. The first-order valence-corrected chi connectivity index (χ1v) is 15.3. The summed E-state index contributed by atoms with van der Waals surface area (Å²) < 4.78 is 12.1. The monoisotopic (exact) mass is 473 g/mol. The first-order valence-electron chi connectivity index (χ1n) is 9.71. The van der Waals surface area contributed by atoms with Gasteiger partial charge in [-0.15, -0.1) is 0 Å². The van der Waals surface area contributed by atoms with Gasteiger partial charge in [-0.1, -0.05) is 0 Å². The van der Waals surface area contributed by atoms with Crippen molar-refractivity contribution in [1.29, 1.82) is 0 Å². The molecule has 0 radical (unpaired) electrons. The van der Waals surface area contributed by atoms with E-state index >= 15 is 0 Å². The van der Waals surface area contributed by atoms with Crippen molar-refractivity contribution < 1.29 is 14.3 Å². The Bertz CT molecular complexity index is 1020. The Labute approximate surface area is 179 Å². The van der Waals surface area contributed by atoms with E-state index in [1.54, 1.807) is 7.11 Å². The van der Waals surface area contributed by atoms with Gasteiger partial charge in [-0.3, -0.25) is 0 Å². The number of carbonyl (C=O) groups excluding carboxylic acids is 1. The SMILES string of the molecule is CCOC(=O)c1nc2ccc(OC)cc2c([Se]Cc2ccccc2)c1[Si](C)(C)C. The zero-order chi connectivity index (χ0) is 21.0. The predicted octanol–water partition coefficient (Wildman–Crippen LogP) is 3.50. The van der Waals surface area contributed by atoms with E-state index in [0.29, 0.717) is 12.3 Å². The molecule has 1 aromatic heterocycles. The van der Waals surface area contributed by atoms with E-state index in [4.69, 9.17) is 14.5 Å². The van der Waals surface area contributed by atoms with Crippen LogP contribution < -0.4 is 14.4 Å². The first kappa shape index (κ1) is 21.6. The van der Waals surface area contributed by atoms with Gasteiger partial charge in [-0.2, -0.15) is 0 Å². The fourth-order valence-electron chi connectivity index (χ4n) is 3.26. The van der Waals surface area contributed by atoms with Crippen molar-refractivity contribution in [2.24, 2.45) is 0 Å². The van der Waals surface area contributed by atoms with Crippen molar-refractivity contribution in [3.63, 3.8) is 0 Å². The fourth-order valence-corrected chi connectivity index (χ4v) is 9.48. The summed E-state index contributed by atoms with van der Waals surface area (Å²) in [6.45, 7) is 8.97. The number of rotatable bonds is 7. The third-order valence-electron chi connectivity index (χ3n) is 4.59. The van der Waals surface area contributed by atoms with Crippen molar-refractivity contribution >= 4 is 49.6 Å². The van der Waals surface area contributed by atoms with Crippen molar-refractivity contribution in [2.45, 2.75) is 31.9 Å². The minimum atomic E-state index is -1.89. The van der Waals surface area contributed by atoms with Gasteiger partial charge < -0.3 is 0 Å². The number of ether oxygens (including phenoxy) is 2. The molecule has 0 spiro atoms. The molecule has 0 unspecified atom stereocenters. The Balaban J connectivity index is 2.24. The Kier molecular flexibility index (Phi) is 6.78. The summed E-state index contributed by atoms with van der Waals surface area (Å²) in [7, 11) is -0.209. The third-order valence-corrected chi connectivity index (χ3v) is 9.48. The van der Waals surface area contributed by atoms with Gasteiger partial charge in [0.05, 0.1) is 0 Å². The number of hydrogen-bond acceptors (Lipinski definition) is 4. The van der Waals surface area contributed by atoms with Crippen LogP contribution in [0, 0.1) is 0 Å². The van der Waals surface area contributed by atoms with Gasteiger partial charge in [-0.05, 0) is 0 Å². The summed E-state index contributed by atoms with van der Waals surface area (Å²) in [5.74, 6) is 0.487. The van der Waals surface area contributed by atoms with Crippen LogP contribution in [-0.2, 0) is 10.1 Å². The van der Waals surface area contributed by atoms with Crippen LogP contribution in [0.5, 0.6) is 5.75 Å². The molecule has 0 amide bonds. The van der Waals surface area contributed by atoms with Gasteiger partial charge in [0.1, 0.15) is 0 Å². The van der Waals surface area contributed by atoms with E-state index in [1.807, 2.05) is 25.1 Å². The van der Waals surface area contributed by atoms with Crippen LogP contribution in [0.4, 0.5) is 0 Å². The van der Waals surface area contributed by atoms with Gasteiger partial charge in [0, 0.05) is 0 Å². The molecule has 0 saturated carbocycles. The van der Waals surface area contributed by atoms with E-state index in [9.17, 15) is 4.79 Å². The van der Waals surface area contributed by atoms with Gasteiger partial charge in [0.25, 0.3) is 0 Å². The normalized spacial score (nSPS) is 11.5. The van der Waals surface area contributed by atoms with E-state index in [0.717, 1.165) is 27.2 Å². The molecule has 0 aliphatic rings. The molecule has 0 saturated heterocycles. The van der Waals surface area contributed by atoms with Gasteiger partial charge in [0.15, 0.2) is 0 Å². The maximum absolute atomic E-state index is 12.8. The standard InChI is InChI=1S/C23H27NO3SeSi/c1-6-27-23(25)20-22(29(3,4)5)21(28-15-16-10-8-7-9-11-16)18-14-17(26-2)12-13-19(18)24-20/h7-14H,6,15H2,1-5H3. The molecule has 152 valence electrons. The van der Waals surface area contributed by atoms with E-state index < -0.39 is 8.07 Å². The molecule has 0 N–H and O–H groups in total. The Hall–Kier alpha value is -2.14. The summed E-state index contributed by atoms with van der Waals surface area (Å²) in [5, 5.41) is 3.17. The van der Waals surface area contributed by atoms with Crippen LogP contribution in [0.2, 0.25) is 19.6 Å². The predicted molar refractivity (Wildman–Crippen MR) is 123 cm³/mol. The topological polar surface area (TPSA) is 48.4 Å². The van der Waals surface area contributed by atoms with Crippen LogP contribution in [0.3, 0.4) is 0 Å². The molecule has 29 heavy (non-hydrogen) atoms.